The van der Waals surface area contributed by atoms with Crippen LogP contribution in [0.3, 0.4) is 0 Å². The second-order valence-electron chi connectivity index (χ2n) is 5.60. The lowest BCUT2D eigenvalue weighted by Gasteiger charge is -2.23. The number of halogens is 3. The van der Waals surface area contributed by atoms with Crippen LogP contribution >= 0.6 is 43.5 Å². The summed E-state index contributed by atoms with van der Waals surface area (Å²) >= 11 is 13.6. The first-order chi connectivity index (χ1) is 9.73. The summed E-state index contributed by atoms with van der Waals surface area (Å²) in [6.07, 6.45) is 0. The van der Waals surface area contributed by atoms with Crippen LogP contribution in [0.25, 0.3) is 0 Å². The van der Waals surface area contributed by atoms with Gasteiger partial charge in [0, 0.05) is 9.50 Å². The van der Waals surface area contributed by atoms with Crippen LogP contribution in [0.15, 0.2) is 22.7 Å². The van der Waals surface area contributed by atoms with Crippen molar-refractivity contribution in [2.75, 3.05) is 0 Å². The Hall–Kier alpha value is -0.310. The Balaban J connectivity index is 2.66. The van der Waals surface area contributed by atoms with E-state index in [9.17, 15) is 0 Å². The van der Waals surface area contributed by atoms with Crippen molar-refractivity contribution in [3.63, 3.8) is 0 Å². The van der Waals surface area contributed by atoms with Crippen LogP contribution < -0.4 is 0 Å². The van der Waals surface area contributed by atoms with Gasteiger partial charge >= 0.3 is 0 Å². The molecule has 0 radical (unpaired) electrons. The van der Waals surface area contributed by atoms with E-state index < -0.39 is 0 Å². The maximum Gasteiger partial charge on any atom is 0.0650 e. The van der Waals surface area contributed by atoms with E-state index in [0.29, 0.717) is 0 Å². The van der Waals surface area contributed by atoms with Gasteiger partial charge in [0.25, 0.3) is 0 Å². The predicted molar refractivity (Wildman–Crippen MR) is 100 cm³/mol. The first kappa shape index (κ1) is 17.1. The average Bonchev–Trinajstić information content (AvgIpc) is 2.42. The van der Waals surface area contributed by atoms with Crippen molar-refractivity contribution in [1.29, 1.82) is 0 Å². The van der Waals surface area contributed by atoms with Crippen LogP contribution in [0.5, 0.6) is 0 Å². The van der Waals surface area contributed by atoms with E-state index in [1.807, 2.05) is 12.1 Å². The molecule has 0 N–H and O–H groups in total. The third-order valence-electron chi connectivity index (χ3n) is 4.49. The molecule has 2 rings (SSSR count). The highest BCUT2D eigenvalue weighted by Crippen LogP contribution is 2.40. The summed E-state index contributed by atoms with van der Waals surface area (Å²) in [6.45, 7) is 11.0. The molecule has 0 bridgehead atoms. The summed E-state index contributed by atoms with van der Waals surface area (Å²) in [5.41, 5.74) is 9.37. The molecule has 21 heavy (non-hydrogen) atoms. The Kier molecular flexibility index (Phi) is 5.23. The molecule has 0 spiro atoms. The molecular weight excluding hydrogens is 411 g/mol. The Bertz CT molecular complexity index is 656. The molecule has 0 aromatic heterocycles. The van der Waals surface area contributed by atoms with E-state index >= 15 is 0 Å². The van der Waals surface area contributed by atoms with Gasteiger partial charge in [-0.2, -0.15) is 0 Å². The molecule has 0 fully saturated rings. The van der Waals surface area contributed by atoms with Gasteiger partial charge in [-0.25, -0.2) is 0 Å². The van der Waals surface area contributed by atoms with E-state index in [1.54, 1.807) is 0 Å². The molecule has 2 aromatic carbocycles. The zero-order valence-electron chi connectivity index (χ0n) is 12.9. The minimum Gasteiger partial charge on any atom is -0.0843 e. The molecule has 2 aromatic rings. The molecule has 0 saturated heterocycles. The van der Waals surface area contributed by atoms with E-state index in [0.717, 1.165) is 9.50 Å². The summed E-state index contributed by atoms with van der Waals surface area (Å²) in [5.74, 6) is 0. The lowest BCUT2D eigenvalue weighted by molar-refractivity contribution is 1.05. The third kappa shape index (κ3) is 3.23. The summed E-state index contributed by atoms with van der Waals surface area (Å²) < 4.78 is 1.00. The van der Waals surface area contributed by atoms with Gasteiger partial charge in [0.1, 0.15) is 0 Å². The number of hydrogen-bond donors (Lipinski definition) is 0. The Morgan fingerprint density at radius 2 is 1.29 bits per heavy atom. The molecule has 0 amide bonds. The van der Waals surface area contributed by atoms with Crippen LogP contribution in [-0.4, -0.2) is 0 Å². The molecule has 1 unspecified atom stereocenters. The fourth-order valence-corrected chi connectivity index (χ4v) is 4.63. The molecule has 0 heterocycles. The molecular formula is C18H19Br2Cl. The quantitative estimate of drug-likeness (QED) is 0.445. The SMILES string of the molecule is Cc1c(C)c(C)c(C(Br)c2cc(Cl)cc(Br)c2)c(C)c1C. The van der Waals surface area contributed by atoms with Crippen LogP contribution in [0.4, 0.5) is 0 Å². The van der Waals surface area contributed by atoms with Crippen LogP contribution in [0, 0.1) is 34.6 Å². The lowest BCUT2D eigenvalue weighted by atomic mass is 9.87. The zero-order valence-corrected chi connectivity index (χ0v) is 16.9. The summed E-state index contributed by atoms with van der Waals surface area (Å²) in [7, 11) is 0. The monoisotopic (exact) mass is 428 g/mol. The van der Waals surface area contributed by atoms with E-state index in [1.165, 1.54) is 38.9 Å². The van der Waals surface area contributed by atoms with E-state index in [4.69, 9.17) is 11.6 Å². The minimum absolute atomic E-state index is 0.144. The highest BCUT2D eigenvalue weighted by Gasteiger charge is 2.20. The molecule has 0 saturated carbocycles. The van der Waals surface area contributed by atoms with Gasteiger partial charge in [-0.1, -0.05) is 43.5 Å². The predicted octanol–water partition coefficient (Wildman–Crippen LogP) is 7.13. The van der Waals surface area contributed by atoms with Crippen molar-refractivity contribution in [2.45, 2.75) is 39.4 Å². The van der Waals surface area contributed by atoms with Crippen LogP contribution in [0.1, 0.15) is 43.8 Å². The Labute approximate surface area is 149 Å². The van der Waals surface area contributed by atoms with Gasteiger partial charge in [0.05, 0.1) is 4.83 Å². The van der Waals surface area contributed by atoms with Crippen LogP contribution in [0.2, 0.25) is 5.02 Å². The van der Waals surface area contributed by atoms with Gasteiger partial charge < -0.3 is 0 Å². The zero-order chi connectivity index (χ0) is 15.9. The Morgan fingerprint density at radius 1 is 0.810 bits per heavy atom. The first-order valence-electron chi connectivity index (χ1n) is 6.91. The lowest BCUT2D eigenvalue weighted by Crippen LogP contribution is -2.05. The fraction of sp³-hybridized carbons (Fsp3) is 0.333. The van der Waals surface area contributed by atoms with Crippen LogP contribution in [-0.2, 0) is 0 Å². The fourth-order valence-electron chi connectivity index (χ4n) is 2.80. The second kappa shape index (κ2) is 6.44. The first-order valence-corrected chi connectivity index (χ1v) is 8.99. The van der Waals surface area contributed by atoms with Crippen molar-refractivity contribution in [3.05, 3.63) is 66.6 Å². The molecule has 0 aliphatic heterocycles. The van der Waals surface area contributed by atoms with Gasteiger partial charge in [0.15, 0.2) is 0 Å². The van der Waals surface area contributed by atoms with Gasteiger partial charge in [0.2, 0.25) is 0 Å². The minimum atomic E-state index is 0.144. The maximum absolute atomic E-state index is 6.20. The smallest absolute Gasteiger partial charge is 0.0650 e. The normalized spacial score (nSPS) is 12.6. The van der Waals surface area contributed by atoms with Crippen molar-refractivity contribution in [2.24, 2.45) is 0 Å². The number of alkyl halides is 1. The Morgan fingerprint density at radius 3 is 1.76 bits per heavy atom. The molecule has 0 aliphatic carbocycles. The van der Waals surface area contributed by atoms with E-state index in [2.05, 4.69) is 72.5 Å². The number of benzene rings is 2. The number of rotatable bonds is 2. The second-order valence-corrected chi connectivity index (χ2v) is 7.87. The molecule has 112 valence electrons. The maximum atomic E-state index is 6.20. The standard InChI is InChI=1S/C18H19Br2Cl/c1-9-10(2)12(4)17(13(5)11(9)3)18(20)14-6-15(19)8-16(21)7-14/h6-8,18H,1-5H3. The molecule has 1 atom stereocenters. The van der Waals surface area contributed by atoms with Crippen molar-refractivity contribution < 1.29 is 0 Å². The number of hydrogen-bond acceptors (Lipinski definition) is 0. The summed E-state index contributed by atoms with van der Waals surface area (Å²) in [5, 5.41) is 0.750. The topological polar surface area (TPSA) is 0 Å². The summed E-state index contributed by atoms with van der Waals surface area (Å²) in [6, 6.07) is 6.06. The van der Waals surface area contributed by atoms with E-state index in [-0.39, 0.29) is 4.83 Å². The van der Waals surface area contributed by atoms with Crippen molar-refractivity contribution in [3.8, 4) is 0 Å². The molecule has 3 heteroatoms. The van der Waals surface area contributed by atoms with Crippen molar-refractivity contribution in [1.82, 2.24) is 0 Å². The highest BCUT2D eigenvalue weighted by atomic mass is 79.9. The molecule has 0 aliphatic rings. The third-order valence-corrected chi connectivity index (χ3v) is 6.15. The van der Waals surface area contributed by atoms with Gasteiger partial charge in [-0.05, 0) is 91.8 Å². The average molecular weight is 431 g/mol. The van der Waals surface area contributed by atoms with Gasteiger partial charge in [-0.3, -0.25) is 0 Å². The summed E-state index contributed by atoms with van der Waals surface area (Å²) in [4.78, 5) is 0.144. The van der Waals surface area contributed by atoms with Crippen molar-refractivity contribution >= 4 is 43.5 Å². The molecule has 0 nitrogen and oxygen atoms in total. The largest absolute Gasteiger partial charge is 0.0843 e. The van der Waals surface area contributed by atoms with Gasteiger partial charge in [-0.15, -0.1) is 0 Å². The highest BCUT2D eigenvalue weighted by molar-refractivity contribution is 9.10.